The van der Waals surface area contributed by atoms with Crippen LogP contribution in [0, 0.1) is 0 Å². The molecule has 18 heavy (non-hydrogen) atoms. The first kappa shape index (κ1) is 15.4. The highest BCUT2D eigenvalue weighted by molar-refractivity contribution is 9.10. The molecule has 0 saturated carbocycles. The molecule has 1 rings (SSSR count). The lowest BCUT2D eigenvalue weighted by Gasteiger charge is -2.11. The molecule has 0 saturated heterocycles. The Morgan fingerprint density at radius 3 is 2.72 bits per heavy atom. The molecular formula is C11H16BrNO4S. The largest absolute Gasteiger partial charge is 0.493 e. The smallest absolute Gasteiger partial charge is 0.240 e. The zero-order chi connectivity index (χ0) is 13.8. The van der Waals surface area contributed by atoms with Crippen LogP contribution in [0.2, 0.25) is 0 Å². The number of hydrogen-bond acceptors (Lipinski definition) is 4. The summed E-state index contributed by atoms with van der Waals surface area (Å²) < 4.78 is 32.1. The van der Waals surface area contributed by atoms with Crippen molar-refractivity contribution >= 4 is 26.0 Å². The molecule has 0 aliphatic carbocycles. The van der Waals surface area contributed by atoms with E-state index in [-0.39, 0.29) is 11.4 Å². The maximum atomic E-state index is 11.9. The van der Waals surface area contributed by atoms with Crippen LogP contribution in [0.3, 0.4) is 0 Å². The van der Waals surface area contributed by atoms with E-state index in [2.05, 4.69) is 20.7 Å². The minimum Gasteiger partial charge on any atom is -0.493 e. The van der Waals surface area contributed by atoms with Gasteiger partial charge in [-0.05, 0) is 41.9 Å². The quantitative estimate of drug-likeness (QED) is 0.824. The van der Waals surface area contributed by atoms with Gasteiger partial charge in [-0.1, -0.05) is 0 Å². The molecule has 0 fully saturated rings. The average Bonchev–Trinajstić information content (AvgIpc) is 2.29. The van der Waals surface area contributed by atoms with Gasteiger partial charge in [0.1, 0.15) is 5.75 Å². The highest BCUT2D eigenvalue weighted by Gasteiger charge is 2.16. The molecule has 0 amide bonds. The number of aliphatic hydroxyl groups is 1. The van der Waals surface area contributed by atoms with Gasteiger partial charge in [0.2, 0.25) is 10.0 Å². The van der Waals surface area contributed by atoms with Crippen molar-refractivity contribution < 1.29 is 18.3 Å². The molecule has 0 radical (unpaired) electrons. The number of ether oxygens (including phenoxy) is 1. The second-order valence-electron chi connectivity index (χ2n) is 3.73. The maximum absolute atomic E-state index is 11.9. The Hall–Kier alpha value is -0.630. The first-order chi connectivity index (χ1) is 8.36. The van der Waals surface area contributed by atoms with Crippen molar-refractivity contribution in [2.45, 2.75) is 24.8 Å². The number of hydrogen-bond donors (Lipinski definition) is 2. The Morgan fingerprint density at radius 1 is 1.50 bits per heavy atom. The predicted octanol–water partition coefficient (Wildman–Crippen LogP) is 1.51. The van der Waals surface area contributed by atoms with Gasteiger partial charge in [0.05, 0.1) is 22.1 Å². The lowest BCUT2D eigenvalue weighted by Crippen LogP contribution is -2.30. The second kappa shape index (κ2) is 6.51. The Kier molecular flexibility index (Phi) is 5.58. The molecule has 0 aliphatic rings. The van der Waals surface area contributed by atoms with Crippen molar-refractivity contribution in [2.24, 2.45) is 0 Å². The Labute approximate surface area is 115 Å². The summed E-state index contributed by atoms with van der Waals surface area (Å²) >= 11 is 3.28. The Bertz CT molecular complexity index is 502. The molecule has 102 valence electrons. The maximum Gasteiger partial charge on any atom is 0.240 e. The summed E-state index contributed by atoms with van der Waals surface area (Å²) in [5, 5.41) is 9.09. The van der Waals surface area contributed by atoms with E-state index in [0.29, 0.717) is 16.8 Å². The van der Waals surface area contributed by atoms with E-state index in [1.165, 1.54) is 19.1 Å². The highest BCUT2D eigenvalue weighted by Crippen LogP contribution is 2.27. The van der Waals surface area contributed by atoms with Crippen molar-refractivity contribution in [1.29, 1.82) is 0 Å². The molecule has 0 heterocycles. The monoisotopic (exact) mass is 337 g/mol. The SMILES string of the molecule is CCOc1cc(S(=O)(=O)NC[C@@H](C)O)ccc1Br. The van der Waals surface area contributed by atoms with Crippen molar-refractivity contribution in [3.8, 4) is 5.75 Å². The van der Waals surface area contributed by atoms with Gasteiger partial charge >= 0.3 is 0 Å². The topological polar surface area (TPSA) is 75.6 Å². The van der Waals surface area contributed by atoms with E-state index in [0.717, 1.165) is 0 Å². The lowest BCUT2D eigenvalue weighted by atomic mass is 10.3. The van der Waals surface area contributed by atoms with Crippen LogP contribution in [-0.2, 0) is 10.0 Å². The second-order valence-corrected chi connectivity index (χ2v) is 6.35. The zero-order valence-electron chi connectivity index (χ0n) is 10.2. The highest BCUT2D eigenvalue weighted by atomic mass is 79.9. The van der Waals surface area contributed by atoms with Crippen molar-refractivity contribution in [3.63, 3.8) is 0 Å². The predicted molar refractivity (Wildman–Crippen MR) is 72.2 cm³/mol. The van der Waals surface area contributed by atoms with Crippen LogP contribution < -0.4 is 9.46 Å². The molecule has 1 aromatic rings. The molecule has 0 unspecified atom stereocenters. The van der Waals surface area contributed by atoms with Crippen molar-refractivity contribution in [1.82, 2.24) is 4.72 Å². The number of rotatable bonds is 6. The van der Waals surface area contributed by atoms with Gasteiger partial charge in [0.25, 0.3) is 0 Å². The van der Waals surface area contributed by atoms with Gasteiger partial charge in [0, 0.05) is 12.6 Å². The third-order valence-electron chi connectivity index (χ3n) is 2.08. The molecule has 1 atom stereocenters. The van der Waals surface area contributed by atoms with Gasteiger partial charge in [0.15, 0.2) is 0 Å². The summed E-state index contributed by atoms with van der Waals surface area (Å²) in [5.74, 6) is 0.470. The minimum atomic E-state index is -3.62. The van der Waals surface area contributed by atoms with E-state index >= 15 is 0 Å². The molecule has 7 heteroatoms. The molecule has 5 nitrogen and oxygen atoms in total. The number of halogens is 1. The fraction of sp³-hybridized carbons (Fsp3) is 0.455. The molecule has 1 aromatic carbocycles. The average molecular weight is 338 g/mol. The van der Waals surface area contributed by atoms with E-state index in [1.54, 1.807) is 6.07 Å². The third-order valence-corrected chi connectivity index (χ3v) is 4.16. The van der Waals surface area contributed by atoms with E-state index < -0.39 is 16.1 Å². The summed E-state index contributed by atoms with van der Waals surface area (Å²) in [6.45, 7) is 3.75. The van der Waals surface area contributed by atoms with Crippen molar-refractivity contribution in [3.05, 3.63) is 22.7 Å². The summed E-state index contributed by atoms with van der Waals surface area (Å²) in [7, 11) is -3.62. The lowest BCUT2D eigenvalue weighted by molar-refractivity contribution is 0.198. The van der Waals surface area contributed by atoms with E-state index in [9.17, 15) is 8.42 Å². The Balaban J connectivity index is 2.98. The van der Waals surface area contributed by atoms with Crippen LogP contribution in [-0.4, -0.2) is 32.8 Å². The molecule has 2 N–H and O–H groups in total. The van der Waals surface area contributed by atoms with Crippen LogP contribution in [0.4, 0.5) is 0 Å². The molecule has 0 aliphatic heterocycles. The fourth-order valence-corrected chi connectivity index (χ4v) is 2.73. The summed E-state index contributed by atoms with van der Waals surface area (Å²) in [5.41, 5.74) is 0. The van der Waals surface area contributed by atoms with Gasteiger partial charge in [-0.25, -0.2) is 13.1 Å². The number of benzene rings is 1. The third kappa shape index (κ3) is 4.24. The molecule has 0 spiro atoms. The summed E-state index contributed by atoms with van der Waals surface area (Å²) in [6.07, 6.45) is -0.735. The van der Waals surface area contributed by atoms with Gasteiger partial charge in [-0.3, -0.25) is 0 Å². The number of aliphatic hydroxyl groups excluding tert-OH is 1. The number of nitrogens with one attached hydrogen (secondary N) is 1. The molecule has 0 bridgehead atoms. The van der Waals surface area contributed by atoms with Crippen LogP contribution in [0.15, 0.2) is 27.6 Å². The van der Waals surface area contributed by atoms with E-state index in [4.69, 9.17) is 9.84 Å². The normalized spacial score (nSPS) is 13.3. The van der Waals surface area contributed by atoms with E-state index in [1.807, 2.05) is 6.92 Å². The van der Waals surface area contributed by atoms with Crippen LogP contribution >= 0.6 is 15.9 Å². The first-order valence-electron chi connectivity index (χ1n) is 5.47. The first-order valence-corrected chi connectivity index (χ1v) is 7.74. The number of sulfonamides is 1. The standard InChI is InChI=1S/C11H16BrNO4S/c1-3-17-11-6-9(4-5-10(11)12)18(15,16)13-7-8(2)14/h4-6,8,13-14H,3,7H2,1-2H3/t8-/m1/s1. The van der Waals surface area contributed by atoms with Gasteiger partial charge < -0.3 is 9.84 Å². The fourth-order valence-electron chi connectivity index (χ4n) is 1.23. The van der Waals surface area contributed by atoms with Crippen molar-refractivity contribution in [2.75, 3.05) is 13.2 Å². The summed E-state index contributed by atoms with van der Waals surface area (Å²) in [6, 6.07) is 4.52. The Morgan fingerprint density at radius 2 is 2.17 bits per heavy atom. The van der Waals surface area contributed by atoms with Crippen LogP contribution in [0.25, 0.3) is 0 Å². The van der Waals surface area contributed by atoms with Gasteiger partial charge in [-0.2, -0.15) is 0 Å². The minimum absolute atomic E-state index is 0.0254. The van der Waals surface area contributed by atoms with Gasteiger partial charge in [-0.15, -0.1) is 0 Å². The van der Waals surface area contributed by atoms with Crippen LogP contribution in [0.5, 0.6) is 5.75 Å². The molecule has 0 aromatic heterocycles. The zero-order valence-corrected chi connectivity index (χ0v) is 12.6. The molecular weight excluding hydrogens is 322 g/mol. The van der Waals surface area contributed by atoms with Crippen LogP contribution in [0.1, 0.15) is 13.8 Å². The summed E-state index contributed by atoms with van der Waals surface area (Å²) in [4.78, 5) is 0.106.